The minimum Gasteiger partial charge on any atom is -0.457 e. The second-order valence-corrected chi connectivity index (χ2v) is 14.0. The first-order chi connectivity index (χ1) is 25.7. The Hall–Kier alpha value is -6.84. The number of furan rings is 2. The summed E-state index contributed by atoms with van der Waals surface area (Å²) in [6.07, 6.45) is 0. The molecule has 0 radical (unpaired) electrons. The molecule has 0 N–H and O–H groups in total. The van der Waals surface area contributed by atoms with Gasteiger partial charge in [-0.05, 0) is 99.1 Å². The molecule has 3 heterocycles. The van der Waals surface area contributed by atoms with E-state index in [-0.39, 0.29) is 0 Å². The van der Waals surface area contributed by atoms with Crippen LogP contribution in [-0.2, 0) is 5.41 Å². The molecule has 52 heavy (non-hydrogen) atoms. The molecule has 0 amide bonds. The standard InChI is InChI=1S/C49H28O3/c1-4-12-39-33(9-1)34-10-2-5-13-40(34)49(39)41-14-6-8-16-44(41)51-48-28-32(20-24-42(48)49)31-19-23-38-37-22-18-30(26-46(37)52-47(38)27-31)29-17-21-36-35-11-3-7-15-43(35)50-45(36)25-29/h1-28H. The molecule has 1 spiro atoms. The summed E-state index contributed by atoms with van der Waals surface area (Å²) >= 11 is 0. The molecule has 12 rings (SSSR count). The molecule has 2 aromatic heterocycles. The van der Waals surface area contributed by atoms with Gasteiger partial charge in [0.2, 0.25) is 0 Å². The number of para-hydroxylation sites is 2. The molecule has 242 valence electrons. The topological polar surface area (TPSA) is 35.5 Å². The van der Waals surface area contributed by atoms with Crippen molar-refractivity contribution in [2.45, 2.75) is 5.41 Å². The van der Waals surface area contributed by atoms with E-state index < -0.39 is 5.41 Å². The van der Waals surface area contributed by atoms with Crippen molar-refractivity contribution in [1.82, 2.24) is 0 Å². The van der Waals surface area contributed by atoms with Crippen LogP contribution in [0, 0.1) is 0 Å². The lowest BCUT2D eigenvalue weighted by atomic mass is 9.66. The van der Waals surface area contributed by atoms with E-state index in [1.54, 1.807) is 0 Å². The third-order valence-corrected chi connectivity index (χ3v) is 11.4. The van der Waals surface area contributed by atoms with Gasteiger partial charge < -0.3 is 13.6 Å². The maximum absolute atomic E-state index is 6.76. The van der Waals surface area contributed by atoms with Crippen LogP contribution < -0.4 is 4.74 Å². The smallest absolute Gasteiger partial charge is 0.136 e. The van der Waals surface area contributed by atoms with Crippen LogP contribution >= 0.6 is 0 Å². The van der Waals surface area contributed by atoms with E-state index in [0.29, 0.717) is 0 Å². The molecule has 0 atom stereocenters. The third-order valence-electron chi connectivity index (χ3n) is 11.4. The summed E-state index contributed by atoms with van der Waals surface area (Å²) < 4.78 is 19.5. The molecule has 2 aliphatic rings. The number of benzene rings is 8. The summed E-state index contributed by atoms with van der Waals surface area (Å²) in [5.74, 6) is 1.76. The highest BCUT2D eigenvalue weighted by Crippen LogP contribution is 2.62. The zero-order chi connectivity index (χ0) is 34.0. The summed E-state index contributed by atoms with van der Waals surface area (Å²) in [4.78, 5) is 0. The molecule has 1 aliphatic carbocycles. The lowest BCUT2D eigenvalue weighted by Crippen LogP contribution is -2.32. The summed E-state index contributed by atoms with van der Waals surface area (Å²) in [6, 6.07) is 60.5. The van der Waals surface area contributed by atoms with E-state index in [1.807, 2.05) is 12.1 Å². The molecular formula is C49H28O3. The lowest BCUT2D eigenvalue weighted by Gasteiger charge is -2.39. The molecule has 0 unspecified atom stereocenters. The van der Waals surface area contributed by atoms with Gasteiger partial charge in [0.1, 0.15) is 33.8 Å². The normalized spacial score (nSPS) is 13.7. The van der Waals surface area contributed by atoms with Gasteiger partial charge in [-0.3, -0.25) is 0 Å². The van der Waals surface area contributed by atoms with Crippen molar-refractivity contribution >= 4 is 43.9 Å². The number of hydrogen-bond acceptors (Lipinski definition) is 3. The minimum absolute atomic E-state index is 0.467. The zero-order valence-corrected chi connectivity index (χ0v) is 27.9. The minimum atomic E-state index is -0.467. The fourth-order valence-electron chi connectivity index (χ4n) is 9.08. The van der Waals surface area contributed by atoms with Crippen LogP contribution in [-0.4, -0.2) is 0 Å². The first kappa shape index (κ1) is 27.9. The summed E-state index contributed by atoms with van der Waals surface area (Å²) in [5.41, 5.74) is 14.9. The maximum atomic E-state index is 6.76. The first-order valence-electron chi connectivity index (χ1n) is 17.7. The van der Waals surface area contributed by atoms with Gasteiger partial charge in [0.25, 0.3) is 0 Å². The average Bonchev–Trinajstić information content (AvgIpc) is 3.85. The number of rotatable bonds is 2. The van der Waals surface area contributed by atoms with Crippen molar-refractivity contribution in [1.29, 1.82) is 0 Å². The van der Waals surface area contributed by atoms with Crippen LogP contribution in [0.5, 0.6) is 11.5 Å². The highest BCUT2D eigenvalue weighted by Gasteiger charge is 2.50. The van der Waals surface area contributed by atoms with E-state index >= 15 is 0 Å². The van der Waals surface area contributed by atoms with Gasteiger partial charge >= 0.3 is 0 Å². The Balaban J connectivity index is 0.971. The zero-order valence-electron chi connectivity index (χ0n) is 27.9. The Bertz CT molecular complexity index is 3070. The van der Waals surface area contributed by atoms with Crippen LogP contribution in [0.3, 0.4) is 0 Å². The Morgan fingerprint density at radius 3 is 1.38 bits per heavy atom. The first-order valence-corrected chi connectivity index (χ1v) is 17.7. The molecule has 3 heteroatoms. The average molecular weight is 665 g/mol. The fourth-order valence-corrected chi connectivity index (χ4v) is 9.08. The van der Waals surface area contributed by atoms with Crippen LogP contribution in [0.2, 0.25) is 0 Å². The van der Waals surface area contributed by atoms with Gasteiger partial charge in [-0.2, -0.15) is 0 Å². The van der Waals surface area contributed by atoms with Crippen LogP contribution in [0.25, 0.3) is 77.3 Å². The van der Waals surface area contributed by atoms with E-state index in [9.17, 15) is 0 Å². The largest absolute Gasteiger partial charge is 0.457 e. The predicted molar refractivity (Wildman–Crippen MR) is 209 cm³/mol. The van der Waals surface area contributed by atoms with E-state index in [4.69, 9.17) is 13.6 Å². The van der Waals surface area contributed by atoms with E-state index in [1.165, 1.54) is 27.8 Å². The monoisotopic (exact) mass is 664 g/mol. The van der Waals surface area contributed by atoms with Crippen LogP contribution in [0.1, 0.15) is 22.3 Å². The second kappa shape index (κ2) is 10.1. The third kappa shape index (κ3) is 3.64. The Labute approximate surface area is 298 Å². The summed E-state index contributed by atoms with van der Waals surface area (Å²) in [5, 5.41) is 4.46. The van der Waals surface area contributed by atoms with Gasteiger partial charge in [0.15, 0.2) is 0 Å². The van der Waals surface area contributed by atoms with E-state index in [0.717, 1.165) is 83.2 Å². The lowest BCUT2D eigenvalue weighted by molar-refractivity contribution is 0.436. The Morgan fingerprint density at radius 2 is 0.750 bits per heavy atom. The molecule has 0 saturated carbocycles. The predicted octanol–water partition coefficient (Wildman–Crippen LogP) is 13.3. The summed E-state index contributed by atoms with van der Waals surface area (Å²) in [6.45, 7) is 0. The van der Waals surface area contributed by atoms with Crippen molar-refractivity contribution in [2.75, 3.05) is 0 Å². The SMILES string of the molecule is c1ccc2c(c1)Oc1cc(-c3ccc4c(c3)oc3cc(-c5ccc6c(c5)oc5ccccc56)ccc34)ccc1C21c2ccccc2-c2ccccc21. The van der Waals surface area contributed by atoms with Crippen LogP contribution in [0.4, 0.5) is 0 Å². The molecule has 1 aliphatic heterocycles. The molecular weight excluding hydrogens is 637 g/mol. The molecule has 3 nitrogen and oxygen atoms in total. The number of hydrogen-bond donors (Lipinski definition) is 0. The number of fused-ring (bicyclic) bond motifs is 15. The van der Waals surface area contributed by atoms with Gasteiger partial charge in [-0.15, -0.1) is 0 Å². The number of ether oxygens (including phenoxy) is 1. The van der Waals surface area contributed by atoms with Gasteiger partial charge in [0, 0.05) is 32.7 Å². The molecule has 0 fully saturated rings. The molecule has 0 saturated heterocycles. The molecule has 8 aromatic carbocycles. The van der Waals surface area contributed by atoms with Crippen molar-refractivity contribution in [3.05, 3.63) is 192 Å². The summed E-state index contributed by atoms with van der Waals surface area (Å²) in [7, 11) is 0. The quantitative estimate of drug-likeness (QED) is 0.184. The highest BCUT2D eigenvalue weighted by atomic mass is 16.5. The van der Waals surface area contributed by atoms with Crippen molar-refractivity contribution in [3.63, 3.8) is 0 Å². The van der Waals surface area contributed by atoms with Crippen LogP contribution in [0.15, 0.2) is 179 Å². The highest BCUT2D eigenvalue weighted by molar-refractivity contribution is 6.08. The van der Waals surface area contributed by atoms with E-state index in [2.05, 4.69) is 158 Å². The van der Waals surface area contributed by atoms with Crippen molar-refractivity contribution in [2.24, 2.45) is 0 Å². The molecule has 0 bridgehead atoms. The fraction of sp³-hybridized carbons (Fsp3) is 0.0204. The van der Waals surface area contributed by atoms with Gasteiger partial charge in [-0.1, -0.05) is 115 Å². The van der Waals surface area contributed by atoms with Crippen molar-refractivity contribution in [3.8, 4) is 44.9 Å². The Morgan fingerprint density at radius 1 is 0.308 bits per heavy atom. The maximum Gasteiger partial charge on any atom is 0.136 e. The second-order valence-electron chi connectivity index (χ2n) is 14.0. The van der Waals surface area contributed by atoms with Crippen molar-refractivity contribution < 1.29 is 13.6 Å². The Kier molecular flexibility index (Phi) is 5.43. The molecule has 10 aromatic rings. The van der Waals surface area contributed by atoms with Gasteiger partial charge in [0.05, 0.1) is 5.41 Å². The van der Waals surface area contributed by atoms with Gasteiger partial charge in [-0.25, -0.2) is 0 Å².